The largest absolute Gasteiger partial charge is 0.490 e. The summed E-state index contributed by atoms with van der Waals surface area (Å²) in [7, 11) is 0. The first-order valence-electron chi connectivity index (χ1n) is 9.91. The molecule has 5 aliphatic rings. The van der Waals surface area contributed by atoms with Crippen LogP contribution in [0.15, 0.2) is 0 Å². The Kier molecular flexibility index (Phi) is 4.50. The third-order valence-electron chi connectivity index (χ3n) is 6.99. The Morgan fingerprint density at radius 2 is 1.63 bits per heavy atom. The molecule has 1 unspecified atom stereocenters. The van der Waals surface area contributed by atoms with Crippen molar-refractivity contribution in [3.63, 3.8) is 0 Å². The Hall–Kier alpha value is -1.60. The zero-order valence-corrected chi connectivity index (χ0v) is 15.5. The number of rotatable bonds is 1. The fraction of sp³-hybridized carbons (Fsp3) is 0.842. The molecule has 8 heteroatoms. The molecule has 1 aliphatic heterocycles. The predicted octanol–water partition coefficient (Wildman–Crippen LogP) is 4.28. The molecule has 0 aromatic carbocycles. The molecule has 6 rings (SSSR count). The van der Waals surface area contributed by atoms with Crippen molar-refractivity contribution in [2.75, 3.05) is 0 Å². The third-order valence-corrected chi connectivity index (χ3v) is 6.99. The van der Waals surface area contributed by atoms with Gasteiger partial charge in [0.15, 0.2) is 0 Å². The predicted molar refractivity (Wildman–Crippen MR) is 91.2 cm³/mol. The van der Waals surface area contributed by atoms with Crippen LogP contribution in [0.25, 0.3) is 0 Å². The van der Waals surface area contributed by atoms with Gasteiger partial charge in [0.1, 0.15) is 11.6 Å². The van der Waals surface area contributed by atoms with Gasteiger partial charge in [-0.05, 0) is 69.1 Å². The van der Waals surface area contributed by atoms with Gasteiger partial charge in [0, 0.05) is 17.9 Å². The molecular formula is C19H26F3N3O2. The molecule has 1 aromatic heterocycles. The molecule has 1 aromatic rings. The molecule has 1 atom stereocenters. The van der Waals surface area contributed by atoms with Crippen LogP contribution in [0.5, 0.6) is 0 Å². The number of alkyl halides is 3. The maximum atomic E-state index is 10.6. The SMILES string of the molecule is CC1CCCn2c1nnc2C12CC3CC(CC(C3)C1)C2.O=C(O)C(F)(F)F. The van der Waals surface area contributed by atoms with Crippen molar-refractivity contribution >= 4 is 5.97 Å². The number of carboxylic acid groups (broad SMARTS) is 1. The summed E-state index contributed by atoms with van der Waals surface area (Å²) in [5.41, 5.74) is 0.414. The van der Waals surface area contributed by atoms with E-state index in [4.69, 9.17) is 15.0 Å². The molecule has 5 nitrogen and oxygen atoms in total. The minimum atomic E-state index is -5.08. The molecular weight excluding hydrogens is 359 g/mol. The number of nitrogens with zero attached hydrogens (tertiary/aromatic N) is 3. The van der Waals surface area contributed by atoms with E-state index < -0.39 is 12.1 Å². The summed E-state index contributed by atoms with van der Waals surface area (Å²) in [4.78, 5) is 8.90. The fourth-order valence-electron chi connectivity index (χ4n) is 6.36. The van der Waals surface area contributed by atoms with Crippen LogP contribution in [0.1, 0.15) is 75.9 Å². The molecule has 0 amide bonds. The first-order valence-corrected chi connectivity index (χ1v) is 9.91. The van der Waals surface area contributed by atoms with Gasteiger partial charge in [-0.3, -0.25) is 0 Å². The van der Waals surface area contributed by atoms with Crippen LogP contribution in [0.4, 0.5) is 13.2 Å². The summed E-state index contributed by atoms with van der Waals surface area (Å²) in [5, 5.41) is 16.5. The quantitative estimate of drug-likeness (QED) is 0.784. The first kappa shape index (κ1) is 18.7. The van der Waals surface area contributed by atoms with E-state index in [1.165, 1.54) is 69.6 Å². The second kappa shape index (κ2) is 6.48. The van der Waals surface area contributed by atoms with Gasteiger partial charge in [0.05, 0.1) is 0 Å². The Morgan fingerprint density at radius 3 is 2.11 bits per heavy atom. The molecule has 4 aliphatic carbocycles. The smallest absolute Gasteiger partial charge is 0.475 e. The molecule has 4 fully saturated rings. The van der Waals surface area contributed by atoms with Crippen molar-refractivity contribution in [1.29, 1.82) is 0 Å². The highest BCUT2D eigenvalue weighted by Crippen LogP contribution is 2.60. The fourth-order valence-corrected chi connectivity index (χ4v) is 6.36. The van der Waals surface area contributed by atoms with Crippen LogP contribution in [0.3, 0.4) is 0 Å². The maximum Gasteiger partial charge on any atom is 0.490 e. The molecule has 0 spiro atoms. The zero-order chi connectivity index (χ0) is 19.4. The second-order valence-electron chi connectivity index (χ2n) is 9.08. The van der Waals surface area contributed by atoms with Crippen molar-refractivity contribution in [3.8, 4) is 0 Å². The van der Waals surface area contributed by atoms with E-state index in [9.17, 15) is 13.2 Å². The summed E-state index contributed by atoms with van der Waals surface area (Å²) < 4.78 is 34.3. The van der Waals surface area contributed by atoms with E-state index >= 15 is 0 Å². The van der Waals surface area contributed by atoms with Crippen molar-refractivity contribution in [3.05, 3.63) is 11.6 Å². The van der Waals surface area contributed by atoms with Gasteiger partial charge >= 0.3 is 12.1 Å². The lowest BCUT2D eigenvalue weighted by molar-refractivity contribution is -0.192. The van der Waals surface area contributed by atoms with Crippen LogP contribution >= 0.6 is 0 Å². The molecule has 0 radical (unpaired) electrons. The van der Waals surface area contributed by atoms with Crippen LogP contribution in [-0.4, -0.2) is 32.0 Å². The first-order chi connectivity index (χ1) is 12.7. The average Bonchev–Trinajstić information content (AvgIpc) is 2.99. The monoisotopic (exact) mass is 385 g/mol. The van der Waals surface area contributed by atoms with Crippen molar-refractivity contribution in [2.45, 2.75) is 82.3 Å². The second-order valence-corrected chi connectivity index (χ2v) is 9.08. The van der Waals surface area contributed by atoms with Crippen molar-refractivity contribution < 1.29 is 23.1 Å². The van der Waals surface area contributed by atoms with Gasteiger partial charge in [0.25, 0.3) is 0 Å². The average molecular weight is 385 g/mol. The zero-order valence-electron chi connectivity index (χ0n) is 15.5. The number of hydrogen-bond acceptors (Lipinski definition) is 3. The van der Waals surface area contributed by atoms with Crippen LogP contribution in [0, 0.1) is 17.8 Å². The Balaban J connectivity index is 0.000000224. The highest BCUT2D eigenvalue weighted by molar-refractivity contribution is 5.73. The summed E-state index contributed by atoms with van der Waals surface area (Å²) in [6, 6.07) is 0. The number of fused-ring (bicyclic) bond motifs is 1. The highest BCUT2D eigenvalue weighted by Gasteiger charge is 2.54. The van der Waals surface area contributed by atoms with E-state index in [0.717, 1.165) is 17.8 Å². The molecule has 0 saturated heterocycles. The van der Waals surface area contributed by atoms with E-state index in [2.05, 4.69) is 16.6 Å². The number of aromatic nitrogens is 3. The lowest BCUT2D eigenvalue weighted by atomic mass is 9.49. The van der Waals surface area contributed by atoms with Crippen molar-refractivity contribution in [2.24, 2.45) is 17.8 Å². The summed E-state index contributed by atoms with van der Waals surface area (Å²) in [6.07, 6.45) is 6.27. The number of halogens is 3. The molecule has 2 heterocycles. The van der Waals surface area contributed by atoms with Crippen LogP contribution in [0.2, 0.25) is 0 Å². The summed E-state index contributed by atoms with van der Waals surface area (Å²) in [5.74, 6) is 3.51. The van der Waals surface area contributed by atoms with E-state index in [1.54, 1.807) is 0 Å². The molecule has 27 heavy (non-hydrogen) atoms. The standard InChI is InChI=1S/C17H25N3.C2HF3O2/c1-11-3-2-4-20-15(11)18-19-16(20)17-8-12-5-13(9-17)7-14(6-12)10-17;3-2(4,5)1(6)7/h11-14H,2-10H2,1H3;(H,6,7). The normalized spacial score (nSPS) is 36.7. The Bertz CT molecular complexity index is 693. The minimum Gasteiger partial charge on any atom is -0.475 e. The van der Waals surface area contributed by atoms with Gasteiger partial charge < -0.3 is 9.67 Å². The molecule has 1 N–H and O–H groups in total. The number of aliphatic carboxylic acids is 1. The van der Waals surface area contributed by atoms with Gasteiger partial charge in [-0.25, -0.2) is 4.79 Å². The van der Waals surface area contributed by atoms with E-state index in [1.807, 2.05) is 0 Å². The van der Waals surface area contributed by atoms with Gasteiger partial charge in [-0.1, -0.05) is 6.92 Å². The third kappa shape index (κ3) is 3.36. The molecule has 4 bridgehead atoms. The summed E-state index contributed by atoms with van der Waals surface area (Å²) in [6.45, 7) is 3.49. The molecule has 4 saturated carbocycles. The lowest BCUT2D eigenvalue weighted by Gasteiger charge is -2.56. The van der Waals surface area contributed by atoms with Crippen LogP contribution in [-0.2, 0) is 16.8 Å². The lowest BCUT2D eigenvalue weighted by Crippen LogP contribution is -2.50. The van der Waals surface area contributed by atoms with Gasteiger partial charge in [-0.2, -0.15) is 13.2 Å². The topological polar surface area (TPSA) is 68.0 Å². The maximum absolute atomic E-state index is 10.6. The van der Waals surface area contributed by atoms with Crippen LogP contribution < -0.4 is 0 Å². The number of carboxylic acids is 1. The molecule has 150 valence electrons. The van der Waals surface area contributed by atoms with Gasteiger partial charge in [-0.15, -0.1) is 10.2 Å². The minimum absolute atomic E-state index is 0.414. The highest BCUT2D eigenvalue weighted by atomic mass is 19.4. The van der Waals surface area contributed by atoms with E-state index in [-0.39, 0.29) is 0 Å². The Morgan fingerprint density at radius 1 is 1.11 bits per heavy atom. The van der Waals surface area contributed by atoms with E-state index in [0.29, 0.717) is 11.3 Å². The summed E-state index contributed by atoms with van der Waals surface area (Å²) >= 11 is 0. The Labute approximate surface area is 156 Å². The number of carbonyl (C=O) groups is 1. The van der Waals surface area contributed by atoms with Gasteiger partial charge in [0.2, 0.25) is 0 Å². The van der Waals surface area contributed by atoms with Crippen molar-refractivity contribution in [1.82, 2.24) is 14.8 Å². The number of hydrogen-bond donors (Lipinski definition) is 1.